The second-order valence-electron chi connectivity index (χ2n) is 5.01. The molecule has 0 saturated heterocycles. The van der Waals surface area contributed by atoms with Gasteiger partial charge in [-0.05, 0) is 16.5 Å². The van der Waals surface area contributed by atoms with Crippen molar-refractivity contribution in [2.75, 3.05) is 6.54 Å². The Hall–Kier alpha value is -0.890. The molecule has 76 valence electrons. The van der Waals surface area contributed by atoms with Gasteiger partial charge in [0.15, 0.2) is 0 Å². The lowest BCUT2D eigenvalue weighted by molar-refractivity contribution is 0.575. The minimum atomic E-state index is 0.208. The molecule has 0 aromatic carbocycles. The summed E-state index contributed by atoms with van der Waals surface area (Å²) in [5.41, 5.74) is 4.19. The monoisotopic (exact) mass is 190 g/mol. The number of rotatable bonds is 0. The fourth-order valence-corrected chi connectivity index (χ4v) is 1.76. The normalized spacial score (nSPS) is 16.5. The van der Waals surface area contributed by atoms with Gasteiger partial charge in [0, 0.05) is 31.4 Å². The van der Waals surface area contributed by atoms with Gasteiger partial charge in [0.05, 0.1) is 0 Å². The van der Waals surface area contributed by atoms with Gasteiger partial charge < -0.3 is 5.32 Å². The zero-order valence-electron chi connectivity index (χ0n) is 9.22. The molecule has 1 aromatic rings. The summed E-state index contributed by atoms with van der Waals surface area (Å²) in [4.78, 5) is 4.55. The molecule has 2 rings (SSSR count). The third kappa shape index (κ3) is 1.80. The quantitative estimate of drug-likeness (QED) is 0.677. The summed E-state index contributed by atoms with van der Waals surface area (Å²) in [6, 6.07) is 2.30. The first-order valence-corrected chi connectivity index (χ1v) is 5.26. The van der Waals surface area contributed by atoms with Gasteiger partial charge in [0.2, 0.25) is 0 Å². The van der Waals surface area contributed by atoms with Crippen LogP contribution in [0.15, 0.2) is 12.3 Å². The Balaban J connectivity index is 2.39. The average Bonchev–Trinajstić information content (AvgIpc) is 2.16. The number of pyridine rings is 1. The molecule has 0 aliphatic carbocycles. The molecule has 0 bridgehead atoms. The number of nitrogens with one attached hydrogen (secondary N) is 1. The third-order valence-corrected chi connectivity index (χ3v) is 2.78. The minimum Gasteiger partial charge on any atom is -0.312 e. The molecule has 2 heteroatoms. The molecule has 0 amide bonds. The minimum absolute atomic E-state index is 0.208. The van der Waals surface area contributed by atoms with Crippen LogP contribution in [0.1, 0.15) is 37.6 Å². The Morgan fingerprint density at radius 1 is 1.36 bits per heavy atom. The van der Waals surface area contributed by atoms with E-state index in [4.69, 9.17) is 0 Å². The summed E-state index contributed by atoms with van der Waals surface area (Å²) in [5.74, 6) is 0. The molecule has 1 aromatic heterocycles. The molecule has 0 saturated carbocycles. The van der Waals surface area contributed by atoms with Crippen molar-refractivity contribution in [2.24, 2.45) is 0 Å². The van der Waals surface area contributed by atoms with E-state index in [2.05, 4.69) is 37.1 Å². The molecule has 0 fully saturated rings. The topological polar surface area (TPSA) is 24.9 Å². The van der Waals surface area contributed by atoms with Gasteiger partial charge in [-0.25, -0.2) is 0 Å². The molecule has 2 heterocycles. The van der Waals surface area contributed by atoms with E-state index >= 15 is 0 Å². The molecule has 14 heavy (non-hydrogen) atoms. The predicted octanol–water partition coefficient (Wildman–Crippen LogP) is 2.02. The molecule has 2 nitrogen and oxygen atoms in total. The lowest BCUT2D eigenvalue weighted by Crippen LogP contribution is -2.25. The first-order chi connectivity index (χ1) is 6.57. The fraction of sp³-hybridized carbons (Fsp3) is 0.583. The fourth-order valence-electron chi connectivity index (χ4n) is 1.76. The zero-order valence-corrected chi connectivity index (χ0v) is 9.22. The molecule has 0 radical (unpaired) electrons. The predicted molar refractivity (Wildman–Crippen MR) is 58.3 cm³/mol. The van der Waals surface area contributed by atoms with Crippen LogP contribution in [0, 0.1) is 0 Å². The highest BCUT2D eigenvalue weighted by Gasteiger charge is 2.17. The zero-order chi connectivity index (χ0) is 10.2. The van der Waals surface area contributed by atoms with Gasteiger partial charge in [-0.1, -0.05) is 26.8 Å². The van der Waals surface area contributed by atoms with Gasteiger partial charge in [-0.3, -0.25) is 4.98 Å². The highest BCUT2D eigenvalue weighted by molar-refractivity contribution is 5.30. The van der Waals surface area contributed by atoms with Gasteiger partial charge >= 0.3 is 0 Å². The largest absolute Gasteiger partial charge is 0.312 e. The van der Waals surface area contributed by atoms with Crippen molar-refractivity contribution in [2.45, 2.75) is 39.2 Å². The van der Waals surface area contributed by atoms with Crippen molar-refractivity contribution >= 4 is 0 Å². The SMILES string of the molecule is CC(C)(C)c1cnc2c(c1)CNCC2. The van der Waals surface area contributed by atoms with Gasteiger partial charge in [-0.2, -0.15) is 0 Å². The number of fused-ring (bicyclic) bond motifs is 1. The van der Waals surface area contributed by atoms with Crippen LogP contribution in [0.25, 0.3) is 0 Å². The first kappa shape index (κ1) is 9.66. The van der Waals surface area contributed by atoms with Crippen LogP contribution in [0.4, 0.5) is 0 Å². The van der Waals surface area contributed by atoms with E-state index in [9.17, 15) is 0 Å². The van der Waals surface area contributed by atoms with Crippen LogP contribution >= 0.6 is 0 Å². The highest BCUT2D eigenvalue weighted by Crippen LogP contribution is 2.24. The van der Waals surface area contributed by atoms with E-state index in [-0.39, 0.29) is 5.41 Å². The summed E-state index contributed by atoms with van der Waals surface area (Å²) >= 11 is 0. The third-order valence-electron chi connectivity index (χ3n) is 2.78. The van der Waals surface area contributed by atoms with Crippen LogP contribution in [0.5, 0.6) is 0 Å². The Labute approximate surface area is 85.7 Å². The summed E-state index contributed by atoms with van der Waals surface area (Å²) in [6.07, 6.45) is 3.10. The van der Waals surface area contributed by atoms with Crippen molar-refractivity contribution in [1.29, 1.82) is 0 Å². The van der Waals surface area contributed by atoms with Gasteiger partial charge in [0.1, 0.15) is 0 Å². The van der Waals surface area contributed by atoms with Crippen LogP contribution in [0.3, 0.4) is 0 Å². The summed E-state index contributed by atoms with van der Waals surface area (Å²) in [6.45, 7) is 8.73. The van der Waals surface area contributed by atoms with E-state index in [0.29, 0.717) is 0 Å². The van der Waals surface area contributed by atoms with E-state index in [1.807, 2.05) is 6.20 Å². The van der Waals surface area contributed by atoms with E-state index in [0.717, 1.165) is 19.5 Å². The average molecular weight is 190 g/mol. The Kier molecular flexibility index (Phi) is 2.31. The van der Waals surface area contributed by atoms with Crippen molar-refractivity contribution < 1.29 is 0 Å². The van der Waals surface area contributed by atoms with E-state index < -0.39 is 0 Å². The van der Waals surface area contributed by atoms with Crippen molar-refractivity contribution in [3.8, 4) is 0 Å². The van der Waals surface area contributed by atoms with Crippen molar-refractivity contribution in [1.82, 2.24) is 10.3 Å². The summed E-state index contributed by atoms with van der Waals surface area (Å²) in [5, 5.41) is 3.38. The van der Waals surface area contributed by atoms with E-state index in [1.165, 1.54) is 16.8 Å². The Morgan fingerprint density at radius 3 is 2.86 bits per heavy atom. The van der Waals surface area contributed by atoms with Crippen molar-refractivity contribution in [3.05, 3.63) is 29.1 Å². The summed E-state index contributed by atoms with van der Waals surface area (Å²) in [7, 11) is 0. The number of hydrogen-bond donors (Lipinski definition) is 1. The smallest absolute Gasteiger partial charge is 0.0461 e. The van der Waals surface area contributed by atoms with Gasteiger partial charge in [-0.15, -0.1) is 0 Å². The molecule has 0 atom stereocenters. The van der Waals surface area contributed by atoms with Crippen LogP contribution < -0.4 is 5.32 Å². The Bertz CT molecular complexity index is 337. The maximum absolute atomic E-state index is 4.55. The number of aromatic nitrogens is 1. The van der Waals surface area contributed by atoms with Gasteiger partial charge in [0.25, 0.3) is 0 Å². The van der Waals surface area contributed by atoms with E-state index in [1.54, 1.807) is 0 Å². The lowest BCUT2D eigenvalue weighted by Gasteiger charge is -2.22. The molecular formula is C12H18N2. The maximum Gasteiger partial charge on any atom is 0.0461 e. The van der Waals surface area contributed by atoms with Crippen LogP contribution in [-0.2, 0) is 18.4 Å². The number of hydrogen-bond acceptors (Lipinski definition) is 2. The second-order valence-corrected chi connectivity index (χ2v) is 5.01. The van der Waals surface area contributed by atoms with Crippen LogP contribution in [0.2, 0.25) is 0 Å². The second kappa shape index (κ2) is 3.35. The van der Waals surface area contributed by atoms with Crippen LogP contribution in [-0.4, -0.2) is 11.5 Å². The first-order valence-electron chi connectivity index (χ1n) is 5.26. The standard InChI is InChI=1S/C12H18N2/c1-12(2,3)10-6-9-7-13-5-4-11(9)14-8-10/h6,8,13H,4-5,7H2,1-3H3. The maximum atomic E-state index is 4.55. The molecule has 0 spiro atoms. The van der Waals surface area contributed by atoms with Crippen molar-refractivity contribution in [3.63, 3.8) is 0 Å². The molecule has 1 aliphatic rings. The lowest BCUT2D eigenvalue weighted by atomic mass is 9.87. The molecule has 0 unspecified atom stereocenters. The molecule has 1 N–H and O–H groups in total. The molecule has 1 aliphatic heterocycles. The Morgan fingerprint density at radius 2 is 2.14 bits per heavy atom. The summed E-state index contributed by atoms with van der Waals surface area (Å²) < 4.78 is 0. The molecular weight excluding hydrogens is 172 g/mol. The number of nitrogens with zero attached hydrogens (tertiary/aromatic N) is 1. The highest BCUT2D eigenvalue weighted by atomic mass is 14.9.